The fraction of sp³-hybridized carbons (Fsp3) is 0.312. The third-order valence-corrected chi connectivity index (χ3v) is 6.30. The molecule has 0 bridgehead atoms. The number of carbonyl (C=O) groups excluding carboxylic acids is 1. The average molecular weight is 484 g/mol. The van der Waals surface area contributed by atoms with E-state index in [1.807, 2.05) is 26.2 Å². The average Bonchev–Trinajstić information content (AvgIpc) is 2.80. The van der Waals surface area contributed by atoms with E-state index >= 15 is 0 Å². The number of allylic oxidation sites excluding steroid dienone is 1. The predicted molar refractivity (Wildman–Crippen MR) is 150 cm³/mol. The molecule has 3 rings (SSSR count). The third kappa shape index (κ3) is 6.12. The maximum atomic E-state index is 13.3. The Morgan fingerprint density at radius 2 is 1.36 bits per heavy atom. The smallest absolute Gasteiger partial charge is 0.335 e. The fourth-order valence-electron chi connectivity index (χ4n) is 4.21. The number of hydrogen-bond acceptors (Lipinski definition) is 3. The molecule has 0 aliphatic rings. The first kappa shape index (κ1) is 26.9. The Bertz CT molecular complexity index is 1280. The molecule has 0 amide bonds. The molecule has 0 saturated heterocycles. The second kappa shape index (κ2) is 10.1. The first-order valence-electron chi connectivity index (χ1n) is 12.2. The zero-order valence-electron chi connectivity index (χ0n) is 22.6. The predicted octanol–water partition coefficient (Wildman–Crippen LogP) is 7.61. The van der Waals surface area contributed by atoms with Crippen molar-refractivity contribution in [2.75, 3.05) is 19.0 Å². The molecule has 0 unspecified atom stereocenters. The first-order valence-corrected chi connectivity index (χ1v) is 12.2. The minimum Gasteiger partial charge on any atom is -0.478 e. The molecule has 4 nitrogen and oxygen atoms in total. The van der Waals surface area contributed by atoms with Crippen LogP contribution < -0.4 is 4.90 Å². The monoisotopic (exact) mass is 483 g/mol. The molecule has 0 radical (unpaired) electrons. The molecular formula is C32H37NO3. The van der Waals surface area contributed by atoms with Crippen molar-refractivity contribution in [3.8, 4) is 11.1 Å². The van der Waals surface area contributed by atoms with Crippen LogP contribution in [0.15, 0.2) is 66.7 Å². The highest BCUT2D eigenvalue weighted by Gasteiger charge is 2.25. The molecule has 0 aliphatic carbocycles. The highest BCUT2D eigenvalue weighted by molar-refractivity contribution is 6.08. The molecule has 0 atom stereocenters. The van der Waals surface area contributed by atoms with Crippen LogP contribution in [0, 0.1) is 0 Å². The van der Waals surface area contributed by atoms with E-state index in [2.05, 4.69) is 70.7 Å². The lowest BCUT2D eigenvalue weighted by atomic mass is 9.81. The van der Waals surface area contributed by atoms with Crippen molar-refractivity contribution in [2.45, 2.75) is 52.4 Å². The van der Waals surface area contributed by atoms with Crippen molar-refractivity contribution in [2.24, 2.45) is 0 Å². The quantitative estimate of drug-likeness (QED) is 0.290. The van der Waals surface area contributed by atoms with Gasteiger partial charge in [-0.05, 0) is 63.4 Å². The molecule has 4 heteroatoms. The van der Waals surface area contributed by atoms with Gasteiger partial charge in [0.25, 0.3) is 0 Å². The van der Waals surface area contributed by atoms with Crippen LogP contribution in [0.4, 0.5) is 5.69 Å². The molecule has 3 aromatic carbocycles. The van der Waals surface area contributed by atoms with Gasteiger partial charge in [-0.2, -0.15) is 0 Å². The lowest BCUT2D eigenvalue weighted by molar-refractivity contribution is 0.0696. The molecule has 0 spiro atoms. The zero-order chi connectivity index (χ0) is 26.8. The number of aromatic carboxylic acids is 1. The molecule has 0 aromatic heterocycles. The standard InChI is InChI=1S/C32H37NO3/c1-31(2,3)25-16-14-22(15-17-25)26-19-24(20-27(32(4,5)6)29(26)33(7)8)28(34)18-11-21-9-12-23(13-10-21)30(35)36/h9-20H,1-8H3,(H,35,36)/b18-11+. The van der Waals surface area contributed by atoms with Crippen LogP contribution in [0.5, 0.6) is 0 Å². The first-order chi connectivity index (χ1) is 16.7. The summed E-state index contributed by atoms with van der Waals surface area (Å²) in [5.41, 5.74) is 7.06. The summed E-state index contributed by atoms with van der Waals surface area (Å²) < 4.78 is 0. The van der Waals surface area contributed by atoms with E-state index in [1.54, 1.807) is 24.3 Å². The van der Waals surface area contributed by atoms with Gasteiger partial charge in [-0.25, -0.2) is 4.79 Å². The normalized spacial score (nSPS) is 12.1. The van der Waals surface area contributed by atoms with E-state index in [9.17, 15) is 9.59 Å². The maximum Gasteiger partial charge on any atom is 0.335 e. The van der Waals surface area contributed by atoms with Gasteiger partial charge in [0.1, 0.15) is 0 Å². The zero-order valence-corrected chi connectivity index (χ0v) is 22.6. The largest absolute Gasteiger partial charge is 0.478 e. The molecule has 188 valence electrons. The van der Waals surface area contributed by atoms with Gasteiger partial charge in [-0.1, -0.05) is 84.0 Å². The number of carboxylic acids is 1. The second-order valence-corrected chi connectivity index (χ2v) is 11.5. The highest BCUT2D eigenvalue weighted by Crippen LogP contribution is 2.41. The number of nitrogens with zero attached hydrogens (tertiary/aromatic N) is 1. The molecule has 3 aromatic rings. The number of hydrogen-bond donors (Lipinski definition) is 1. The summed E-state index contributed by atoms with van der Waals surface area (Å²) in [7, 11) is 4.08. The summed E-state index contributed by atoms with van der Waals surface area (Å²) in [5, 5.41) is 9.09. The van der Waals surface area contributed by atoms with Gasteiger partial charge in [0.2, 0.25) is 0 Å². The molecule has 0 heterocycles. The van der Waals surface area contributed by atoms with Crippen molar-refractivity contribution in [3.05, 3.63) is 94.6 Å². The Labute approximate surface area is 215 Å². The molecule has 36 heavy (non-hydrogen) atoms. The van der Waals surface area contributed by atoms with Crippen LogP contribution in [-0.2, 0) is 10.8 Å². The van der Waals surface area contributed by atoms with Gasteiger partial charge < -0.3 is 10.0 Å². The van der Waals surface area contributed by atoms with E-state index in [1.165, 1.54) is 17.7 Å². The lowest BCUT2D eigenvalue weighted by Crippen LogP contribution is -2.21. The van der Waals surface area contributed by atoms with Crippen LogP contribution in [-0.4, -0.2) is 31.0 Å². The van der Waals surface area contributed by atoms with E-state index < -0.39 is 5.97 Å². The minimum atomic E-state index is -0.972. The SMILES string of the molecule is CN(C)c1c(-c2ccc(C(C)(C)C)cc2)cc(C(=O)/C=C/c2ccc(C(=O)O)cc2)cc1C(C)(C)C. The van der Waals surface area contributed by atoms with Crippen LogP contribution in [0.3, 0.4) is 0 Å². The van der Waals surface area contributed by atoms with Gasteiger partial charge in [0.15, 0.2) is 5.78 Å². The summed E-state index contributed by atoms with van der Waals surface area (Å²) >= 11 is 0. The maximum absolute atomic E-state index is 13.3. The van der Waals surface area contributed by atoms with Gasteiger partial charge in [0, 0.05) is 30.9 Å². The Morgan fingerprint density at radius 1 is 0.778 bits per heavy atom. The summed E-state index contributed by atoms with van der Waals surface area (Å²) in [6.45, 7) is 13.1. The molecular weight excluding hydrogens is 446 g/mol. The van der Waals surface area contributed by atoms with E-state index in [0.29, 0.717) is 5.56 Å². The molecule has 0 fully saturated rings. The van der Waals surface area contributed by atoms with Crippen molar-refractivity contribution in [3.63, 3.8) is 0 Å². The number of rotatable bonds is 6. The van der Waals surface area contributed by atoms with Gasteiger partial charge in [0.05, 0.1) is 5.56 Å². The minimum absolute atomic E-state index is 0.0603. The van der Waals surface area contributed by atoms with Crippen LogP contribution in [0.25, 0.3) is 17.2 Å². The van der Waals surface area contributed by atoms with Crippen LogP contribution in [0.1, 0.15) is 78.9 Å². The Hall–Kier alpha value is -3.66. The molecule has 0 saturated carbocycles. The van der Waals surface area contributed by atoms with Crippen molar-refractivity contribution in [1.29, 1.82) is 0 Å². The summed E-state index contributed by atoms with van der Waals surface area (Å²) in [5.74, 6) is -1.07. The van der Waals surface area contributed by atoms with Crippen LogP contribution >= 0.6 is 0 Å². The fourth-order valence-corrected chi connectivity index (χ4v) is 4.21. The second-order valence-electron chi connectivity index (χ2n) is 11.5. The summed E-state index contributed by atoms with van der Waals surface area (Å²) in [4.78, 5) is 26.5. The lowest BCUT2D eigenvalue weighted by Gasteiger charge is -2.30. The van der Waals surface area contributed by atoms with Gasteiger partial charge in [-0.15, -0.1) is 0 Å². The third-order valence-electron chi connectivity index (χ3n) is 6.30. The summed E-state index contributed by atoms with van der Waals surface area (Å²) in [6.07, 6.45) is 3.28. The van der Waals surface area contributed by atoms with Gasteiger partial charge in [-0.3, -0.25) is 4.79 Å². The van der Waals surface area contributed by atoms with Gasteiger partial charge >= 0.3 is 5.97 Å². The molecule has 0 aliphatic heterocycles. The Kier molecular flexibility index (Phi) is 7.59. The number of carbonyl (C=O) groups is 2. The molecule has 1 N–H and O–H groups in total. The summed E-state index contributed by atoms with van der Waals surface area (Å²) in [6, 6.07) is 19.1. The Morgan fingerprint density at radius 3 is 1.83 bits per heavy atom. The van der Waals surface area contributed by atoms with Crippen molar-refractivity contribution >= 4 is 23.5 Å². The highest BCUT2D eigenvalue weighted by atomic mass is 16.4. The number of anilines is 1. The number of ketones is 1. The van der Waals surface area contributed by atoms with E-state index in [4.69, 9.17) is 5.11 Å². The number of benzene rings is 3. The van der Waals surface area contributed by atoms with Crippen molar-refractivity contribution in [1.82, 2.24) is 0 Å². The van der Waals surface area contributed by atoms with Crippen molar-refractivity contribution < 1.29 is 14.7 Å². The van der Waals surface area contributed by atoms with E-state index in [0.717, 1.165) is 27.9 Å². The topological polar surface area (TPSA) is 57.6 Å². The Balaban J connectivity index is 2.10. The van der Waals surface area contributed by atoms with Crippen LogP contribution in [0.2, 0.25) is 0 Å². The van der Waals surface area contributed by atoms with E-state index in [-0.39, 0.29) is 22.2 Å². The number of carboxylic acid groups (broad SMARTS) is 1.